The molecule has 0 fully saturated rings. The van der Waals surface area contributed by atoms with E-state index in [9.17, 15) is 4.79 Å². The highest BCUT2D eigenvalue weighted by Crippen LogP contribution is 2.23. The lowest BCUT2D eigenvalue weighted by Gasteiger charge is -2.07. The van der Waals surface area contributed by atoms with Crippen LogP contribution in [0.5, 0.6) is 5.75 Å². The van der Waals surface area contributed by atoms with Crippen molar-refractivity contribution in [2.45, 2.75) is 27.0 Å². The average molecular weight is 436 g/mol. The fourth-order valence-corrected chi connectivity index (χ4v) is 3.38. The van der Waals surface area contributed by atoms with Gasteiger partial charge in [-0.05, 0) is 60.9 Å². The Balaban J connectivity index is 1.35. The molecule has 0 atom stereocenters. The molecule has 0 aliphatic heterocycles. The maximum atomic E-state index is 12.5. The molecule has 2 aromatic heterocycles. The van der Waals surface area contributed by atoms with Crippen molar-refractivity contribution in [2.75, 3.05) is 5.32 Å². The number of nitrogens with zero attached hydrogens (tertiary/aromatic N) is 2. The number of furan rings is 1. The summed E-state index contributed by atoms with van der Waals surface area (Å²) in [6, 6.07) is 18.6. The van der Waals surface area contributed by atoms with Crippen molar-refractivity contribution in [2.24, 2.45) is 0 Å². The zero-order valence-electron chi connectivity index (χ0n) is 17.3. The number of hydrogen-bond donors (Lipinski definition) is 1. The number of carbonyl (C=O) groups is 1. The van der Waals surface area contributed by atoms with Crippen LogP contribution >= 0.6 is 11.6 Å². The summed E-state index contributed by atoms with van der Waals surface area (Å²) in [6.45, 7) is 4.82. The first kappa shape index (κ1) is 20.8. The van der Waals surface area contributed by atoms with E-state index >= 15 is 0 Å². The molecule has 0 aliphatic carbocycles. The van der Waals surface area contributed by atoms with Gasteiger partial charge in [0, 0.05) is 17.3 Å². The summed E-state index contributed by atoms with van der Waals surface area (Å²) in [4.78, 5) is 12.5. The molecule has 0 aliphatic rings. The molecule has 0 unspecified atom stereocenters. The van der Waals surface area contributed by atoms with E-state index < -0.39 is 0 Å². The molecule has 0 saturated heterocycles. The summed E-state index contributed by atoms with van der Waals surface area (Å²) in [6.07, 6.45) is 1.83. The number of benzene rings is 2. The minimum Gasteiger partial charge on any atom is -0.485 e. The lowest BCUT2D eigenvalue weighted by atomic mass is 10.1. The normalized spacial score (nSPS) is 10.8. The van der Waals surface area contributed by atoms with E-state index in [1.165, 1.54) is 11.1 Å². The molecule has 0 spiro atoms. The molecule has 4 aromatic rings. The summed E-state index contributed by atoms with van der Waals surface area (Å²) in [7, 11) is 0. The van der Waals surface area contributed by atoms with Crippen LogP contribution in [0.4, 0.5) is 5.82 Å². The summed E-state index contributed by atoms with van der Waals surface area (Å²) in [5.41, 5.74) is 3.30. The number of nitrogens with one attached hydrogen (secondary N) is 1. The van der Waals surface area contributed by atoms with Crippen LogP contribution in [0.1, 0.15) is 33.0 Å². The Morgan fingerprint density at radius 1 is 1.10 bits per heavy atom. The van der Waals surface area contributed by atoms with Crippen LogP contribution in [0.15, 0.2) is 71.3 Å². The van der Waals surface area contributed by atoms with Crippen molar-refractivity contribution in [1.82, 2.24) is 9.78 Å². The molecule has 0 saturated carbocycles. The van der Waals surface area contributed by atoms with E-state index in [4.69, 9.17) is 20.8 Å². The van der Waals surface area contributed by atoms with Gasteiger partial charge in [-0.1, -0.05) is 35.9 Å². The summed E-state index contributed by atoms with van der Waals surface area (Å²) < 4.78 is 13.2. The van der Waals surface area contributed by atoms with Gasteiger partial charge in [0.25, 0.3) is 5.91 Å². The molecule has 2 aromatic carbocycles. The minimum absolute atomic E-state index is 0.194. The van der Waals surface area contributed by atoms with E-state index in [0.717, 1.165) is 5.56 Å². The topological polar surface area (TPSA) is 69.3 Å². The summed E-state index contributed by atoms with van der Waals surface area (Å²) >= 11 is 5.96. The highest BCUT2D eigenvalue weighted by molar-refractivity contribution is 6.30. The van der Waals surface area contributed by atoms with Gasteiger partial charge in [0.05, 0.1) is 6.54 Å². The molecule has 7 heteroatoms. The first-order chi connectivity index (χ1) is 15.0. The number of rotatable bonds is 7. The zero-order chi connectivity index (χ0) is 21.8. The Bertz CT molecular complexity index is 1210. The molecule has 158 valence electrons. The first-order valence-electron chi connectivity index (χ1n) is 9.85. The molecule has 31 heavy (non-hydrogen) atoms. The van der Waals surface area contributed by atoms with Gasteiger partial charge in [0.2, 0.25) is 0 Å². The number of halogens is 1. The predicted octanol–water partition coefficient (Wildman–Crippen LogP) is 5.63. The molecule has 1 amide bonds. The number of carbonyl (C=O) groups excluding carboxylic acids is 1. The molecular formula is C24H22ClN3O3. The monoisotopic (exact) mass is 435 g/mol. The van der Waals surface area contributed by atoms with Gasteiger partial charge in [-0.25, -0.2) is 0 Å². The summed E-state index contributed by atoms with van der Waals surface area (Å²) in [5, 5.41) is 7.84. The number of amides is 1. The van der Waals surface area contributed by atoms with E-state index in [2.05, 4.69) is 29.5 Å². The largest absolute Gasteiger partial charge is 0.485 e. The highest BCUT2D eigenvalue weighted by Gasteiger charge is 2.14. The molecule has 0 radical (unpaired) electrons. The Labute approximate surface area is 185 Å². The van der Waals surface area contributed by atoms with Crippen molar-refractivity contribution in [3.05, 3.63) is 100 Å². The first-order valence-corrected chi connectivity index (χ1v) is 10.2. The van der Waals surface area contributed by atoms with Gasteiger partial charge in [0.1, 0.15) is 18.1 Å². The van der Waals surface area contributed by atoms with Crippen molar-refractivity contribution < 1.29 is 13.9 Å². The van der Waals surface area contributed by atoms with Gasteiger partial charge < -0.3 is 14.5 Å². The lowest BCUT2D eigenvalue weighted by molar-refractivity contribution is 0.0992. The van der Waals surface area contributed by atoms with Crippen molar-refractivity contribution in [3.63, 3.8) is 0 Å². The van der Waals surface area contributed by atoms with E-state index in [-0.39, 0.29) is 18.3 Å². The van der Waals surface area contributed by atoms with Crippen molar-refractivity contribution in [1.29, 1.82) is 0 Å². The van der Waals surface area contributed by atoms with Crippen LogP contribution in [-0.2, 0) is 13.2 Å². The number of hydrogen-bond acceptors (Lipinski definition) is 4. The molecule has 2 heterocycles. The Hall–Kier alpha value is -3.51. The number of aromatic nitrogens is 2. The third-order valence-electron chi connectivity index (χ3n) is 4.87. The minimum atomic E-state index is -0.366. The van der Waals surface area contributed by atoms with Crippen LogP contribution in [0, 0.1) is 13.8 Å². The van der Waals surface area contributed by atoms with Gasteiger partial charge in [-0.2, -0.15) is 5.10 Å². The molecule has 0 bridgehead atoms. The van der Waals surface area contributed by atoms with Crippen LogP contribution in [0.3, 0.4) is 0 Å². The lowest BCUT2D eigenvalue weighted by Crippen LogP contribution is -2.12. The van der Waals surface area contributed by atoms with E-state index in [1.54, 1.807) is 28.9 Å². The maximum Gasteiger partial charge on any atom is 0.292 e. The number of anilines is 1. The fraction of sp³-hybridized carbons (Fsp3) is 0.167. The van der Waals surface area contributed by atoms with E-state index in [0.29, 0.717) is 28.9 Å². The highest BCUT2D eigenvalue weighted by atomic mass is 35.5. The second kappa shape index (κ2) is 9.10. The smallest absolute Gasteiger partial charge is 0.292 e. The Morgan fingerprint density at radius 3 is 2.74 bits per heavy atom. The predicted molar refractivity (Wildman–Crippen MR) is 120 cm³/mol. The molecule has 6 nitrogen and oxygen atoms in total. The standard InChI is InChI=1S/C24H22ClN3O3/c1-16-5-3-4-6-18(16)14-28-12-11-23(27-28)26-24(29)22-10-8-20(31-22)15-30-21-9-7-19(25)13-17(21)2/h3-13H,14-15H2,1-2H3,(H,26,27,29). The Morgan fingerprint density at radius 2 is 1.94 bits per heavy atom. The summed E-state index contributed by atoms with van der Waals surface area (Å²) in [5.74, 6) is 1.55. The number of ether oxygens (including phenoxy) is 1. The third kappa shape index (κ3) is 5.16. The zero-order valence-corrected chi connectivity index (χ0v) is 18.0. The van der Waals surface area contributed by atoms with Gasteiger partial charge >= 0.3 is 0 Å². The van der Waals surface area contributed by atoms with Crippen molar-refractivity contribution >= 4 is 23.3 Å². The van der Waals surface area contributed by atoms with Crippen molar-refractivity contribution in [3.8, 4) is 5.75 Å². The molecular weight excluding hydrogens is 414 g/mol. The second-order valence-corrected chi connectivity index (χ2v) is 7.68. The molecule has 1 N–H and O–H groups in total. The maximum absolute atomic E-state index is 12.5. The van der Waals surface area contributed by atoms with Gasteiger partial charge in [-0.3, -0.25) is 9.48 Å². The van der Waals surface area contributed by atoms with E-state index in [1.807, 2.05) is 37.4 Å². The van der Waals surface area contributed by atoms with Crippen LogP contribution < -0.4 is 10.1 Å². The SMILES string of the molecule is Cc1ccccc1Cn1ccc(NC(=O)c2ccc(COc3ccc(Cl)cc3C)o2)n1. The van der Waals surface area contributed by atoms with Gasteiger partial charge in [-0.15, -0.1) is 0 Å². The fourth-order valence-electron chi connectivity index (χ4n) is 3.16. The van der Waals surface area contributed by atoms with Gasteiger partial charge in [0.15, 0.2) is 11.6 Å². The van der Waals surface area contributed by atoms with Crippen LogP contribution in [0.2, 0.25) is 5.02 Å². The third-order valence-corrected chi connectivity index (χ3v) is 5.10. The quantitative estimate of drug-likeness (QED) is 0.408. The second-order valence-electron chi connectivity index (χ2n) is 7.24. The average Bonchev–Trinajstić information content (AvgIpc) is 3.39. The van der Waals surface area contributed by atoms with Crippen LogP contribution in [-0.4, -0.2) is 15.7 Å². The number of aryl methyl sites for hydroxylation is 2. The molecule has 4 rings (SSSR count). The van der Waals surface area contributed by atoms with Crippen LogP contribution in [0.25, 0.3) is 0 Å². The Kier molecular flexibility index (Phi) is 6.09.